The molecule has 2 N–H and O–H groups in total. The van der Waals surface area contributed by atoms with Crippen molar-refractivity contribution in [2.75, 3.05) is 58.9 Å². The predicted molar refractivity (Wildman–Crippen MR) is 102 cm³/mol. The molecule has 0 spiro atoms. The van der Waals surface area contributed by atoms with Crippen molar-refractivity contribution in [3.05, 3.63) is 29.8 Å². The van der Waals surface area contributed by atoms with Gasteiger partial charge in [0.1, 0.15) is 0 Å². The minimum absolute atomic E-state index is 0.135. The van der Waals surface area contributed by atoms with E-state index in [2.05, 4.69) is 44.7 Å². The molecule has 2 amide bonds. The Morgan fingerprint density at radius 2 is 1.84 bits per heavy atom. The second-order valence-corrected chi connectivity index (χ2v) is 6.73. The normalized spacial score (nSPS) is 16.3. The van der Waals surface area contributed by atoms with E-state index in [1.165, 1.54) is 30.5 Å². The van der Waals surface area contributed by atoms with Gasteiger partial charge in [-0.2, -0.15) is 0 Å². The molecule has 1 aliphatic rings. The van der Waals surface area contributed by atoms with Gasteiger partial charge >= 0.3 is 6.03 Å². The van der Waals surface area contributed by atoms with Crippen molar-refractivity contribution in [1.29, 1.82) is 0 Å². The van der Waals surface area contributed by atoms with Gasteiger partial charge < -0.3 is 20.3 Å². The Morgan fingerprint density at radius 3 is 2.44 bits per heavy atom. The third kappa shape index (κ3) is 6.21. The summed E-state index contributed by atoms with van der Waals surface area (Å²) in [5.41, 5.74) is 2.44. The summed E-state index contributed by atoms with van der Waals surface area (Å²) in [7, 11) is 5.72. The summed E-state index contributed by atoms with van der Waals surface area (Å²) in [5, 5.41) is 5.83. The van der Waals surface area contributed by atoms with E-state index in [0.29, 0.717) is 19.7 Å². The second-order valence-electron chi connectivity index (χ2n) is 6.73. The number of piperidine rings is 1. The summed E-state index contributed by atoms with van der Waals surface area (Å²) in [4.78, 5) is 16.6. The van der Waals surface area contributed by atoms with Gasteiger partial charge in [0.25, 0.3) is 0 Å². The van der Waals surface area contributed by atoms with E-state index in [-0.39, 0.29) is 12.1 Å². The van der Waals surface area contributed by atoms with Gasteiger partial charge in [0, 0.05) is 40.0 Å². The highest BCUT2D eigenvalue weighted by molar-refractivity contribution is 5.73. The highest BCUT2D eigenvalue weighted by Gasteiger charge is 2.22. The van der Waals surface area contributed by atoms with Crippen molar-refractivity contribution in [2.24, 2.45) is 0 Å². The molecule has 1 aliphatic heterocycles. The van der Waals surface area contributed by atoms with Gasteiger partial charge in [-0.3, -0.25) is 4.90 Å². The zero-order chi connectivity index (χ0) is 18.1. The molecule has 0 radical (unpaired) electrons. The molecule has 0 bridgehead atoms. The molecule has 1 aromatic carbocycles. The lowest BCUT2D eigenvalue weighted by atomic mass is 10.0. The summed E-state index contributed by atoms with van der Waals surface area (Å²) in [6.07, 6.45) is 3.76. The van der Waals surface area contributed by atoms with Crippen molar-refractivity contribution in [3.8, 4) is 0 Å². The third-order valence-electron chi connectivity index (χ3n) is 4.67. The van der Waals surface area contributed by atoms with E-state index in [1.54, 1.807) is 7.11 Å². The predicted octanol–water partition coefficient (Wildman–Crippen LogP) is 2.23. The second kappa shape index (κ2) is 10.3. The molecule has 140 valence electrons. The number of hydrogen-bond donors (Lipinski definition) is 2. The largest absolute Gasteiger partial charge is 0.383 e. The molecule has 6 heteroatoms. The van der Waals surface area contributed by atoms with Crippen LogP contribution < -0.4 is 15.5 Å². The fraction of sp³-hybridized carbons (Fsp3) is 0.632. The Balaban J connectivity index is 2.01. The number of carbonyl (C=O) groups is 1. The number of likely N-dealkylation sites (tertiary alicyclic amines) is 1. The lowest BCUT2D eigenvalue weighted by molar-refractivity contribution is 0.159. The standard InChI is InChI=1S/C19H32N4O2/c1-22(2)17-9-7-16(8-10-17)18(23-12-5-4-6-13-23)15-21-19(24)20-11-14-25-3/h7-10,18H,4-6,11-15H2,1-3H3,(H2,20,21,24). The number of benzene rings is 1. The molecule has 1 fully saturated rings. The van der Waals surface area contributed by atoms with Gasteiger partial charge in [-0.05, 0) is 43.6 Å². The van der Waals surface area contributed by atoms with Crippen LogP contribution in [0.1, 0.15) is 30.9 Å². The Kier molecular flexibility index (Phi) is 8.01. The number of ether oxygens (including phenoxy) is 1. The zero-order valence-corrected chi connectivity index (χ0v) is 15.8. The Labute approximate surface area is 151 Å². The van der Waals surface area contributed by atoms with E-state index in [4.69, 9.17) is 4.74 Å². The average molecular weight is 348 g/mol. The molecule has 1 heterocycles. The summed E-state index contributed by atoms with van der Waals surface area (Å²) < 4.78 is 4.96. The fourth-order valence-electron chi connectivity index (χ4n) is 3.20. The number of methoxy groups -OCH3 is 1. The number of urea groups is 1. The molecular weight excluding hydrogens is 316 g/mol. The molecule has 0 saturated carbocycles. The topological polar surface area (TPSA) is 56.8 Å². The Hall–Kier alpha value is -1.79. The Bertz CT molecular complexity index is 513. The lowest BCUT2D eigenvalue weighted by Gasteiger charge is -2.35. The lowest BCUT2D eigenvalue weighted by Crippen LogP contribution is -2.44. The zero-order valence-electron chi connectivity index (χ0n) is 15.8. The average Bonchev–Trinajstić information content (AvgIpc) is 2.63. The quantitative estimate of drug-likeness (QED) is 0.708. The molecule has 0 aromatic heterocycles. The van der Waals surface area contributed by atoms with Crippen molar-refractivity contribution < 1.29 is 9.53 Å². The van der Waals surface area contributed by atoms with Gasteiger partial charge in [-0.25, -0.2) is 4.79 Å². The molecule has 1 aromatic rings. The van der Waals surface area contributed by atoms with E-state index < -0.39 is 0 Å². The summed E-state index contributed by atoms with van der Waals surface area (Å²) in [6, 6.07) is 8.72. The molecule has 0 aliphatic carbocycles. The van der Waals surface area contributed by atoms with Gasteiger partial charge in [0.15, 0.2) is 0 Å². The molecule has 1 saturated heterocycles. The van der Waals surface area contributed by atoms with Crippen molar-refractivity contribution in [2.45, 2.75) is 25.3 Å². The summed E-state index contributed by atoms with van der Waals surface area (Å²) in [6.45, 7) is 3.84. The van der Waals surface area contributed by atoms with Crippen LogP contribution in [-0.2, 0) is 4.74 Å². The first-order valence-electron chi connectivity index (χ1n) is 9.14. The van der Waals surface area contributed by atoms with E-state index in [1.807, 2.05) is 14.1 Å². The third-order valence-corrected chi connectivity index (χ3v) is 4.67. The molecule has 2 rings (SSSR count). The van der Waals surface area contributed by atoms with Crippen LogP contribution in [0.2, 0.25) is 0 Å². The van der Waals surface area contributed by atoms with Crippen molar-refractivity contribution in [1.82, 2.24) is 15.5 Å². The molecule has 1 atom stereocenters. The van der Waals surface area contributed by atoms with Crippen LogP contribution in [0.3, 0.4) is 0 Å². The number of nitrogens with zero attached hydrogens (tertiary/aromatic N) is 2. The van der Waals surface area contributed by atoms with Crippen LogP contribution in [0.4, 0.5) is 10.5 Å². The van der Waals surface area contributed by atoms with E-state index >= 15 is 0 Å². The molecule has 6 nitrogen and oxygen atoms in total. The van der Waals surface area contributed by atoms with Crippen LogP contribution >= 0.6 is 0 Å². The summed E-state index contributed by atoms with van der Waals surface area (Å²) in [5.74, 6) is 0. The highest BCUT2D eigenvalue weighted by atomic mass is 16.5. The number of nitrogens with one attached hydrogen (secondary N) is 2. The van der Waals surface area contributed by atoms with Crippen molar-refractivity contribution >= 4 is 11.7 Å². The first-order valence-corrected chi connectivity index (χ1v) is 9.14. The molecular formula is C19H32N4O2. The molecule has 1 unspecified atom stereocenters. The number of carbonyl (C=O) groups excluding carboxylic acids is 1. The van der Waals surface area contributed by atoms with E-state index in [9.17, 15) is 4.79 Å². The first kappa shape index (κ1) is 19.5. The highest BCUT2D eigenvalue weighted by Crippen LogP contribution is 2.25. The number of amides is 2. The molecule has 25 heavy (non-hydrogen) atoms. The van der Waals surface area contributed by atoms with Gasteiger partial charge in [-0.15, -0.1) is 0 Å². The maximum absolute atomic E-state index is 12.0. The minimum Gasteiger partial charge on any atom is -0.383 e. The maximum Gasteiger partial charge on any atom is 0.314 e. The van der Waals surface area contributed by atoms with E-state index in [0.717, 1.165) is 13.1 Å². The maximum atomic E-state index is 12.0. The van der Waals surface area contributed by atoms with Gasteiger partial charge in [-0.1, -0.05) is 18.6 Å². The number of rotatable bonds is 8. The SMILES string of the molecule is COCCNC(=O)NCC(c1ccc(N(C)C)cc1)N1CCCCC1. The number of hydrogen-bond acceptors (Lipinski definition) is 4. The monoisotopic (exact) mass is 348 g/mol. The van der Waals surface area contributed by atoms with Crippen LogP contribution in [-0.4, -0.2) is 64.9 Å². The number of anilines is 1. The minimum atomic E-state index is -0.135. The van der Waals surface area contributed by atoms with Crippen molar-refractivity contribution in [3.63, 3.8) is 0 Å². The van der Waals surface area contributed by atoms with Gasteiger partial charge in [0.2, 0.25) is 0 Å². The van der Waals surface area contributed by atoms with Crippen LogP contribution in [0.15, 0.2) is 24.3 Å². The Morgan fingerprint density at radius 1 is 1.16 bits per heavy atom. The first-order chi connectivity index (χ1) is 12.1. The fourth-order valence-corrected chi connectivity index (χ4v) is 3.20. The van der Waals surface area contributed by atoms with Crippen LogP contribution in [0, 0.1) is 0 Å². The summed E-state index contributed by atoms with van der Waals surface area (Å²) >= 11 is 0. The van der Waals surface area contributed by atoms with Crippen LogP contribution in [0.25, 0.3) is 0 Å². The van der Waals surface area contributed by atoms with Crippen LogP contribution in [0.5, 0.6) is 0 Å². The smallest absolute Gasteiger partial charge is 0.314 e. The van der Waals surface area contributed by atoms with Gasteiger partial charge in [0.05, 0.1) is 12.6 Å².